The Morgan fingerprint density at radius 3 is 3.13 bits per heavy atom. The molecule has 0 spiro atoms. The second kappa shape index (κ2) is 6.04. The first-order valence-electron chi connectivity index (χ1n) is 8.12. The van der Waals surface area contributed by atoms with Crippen molar-refractivity contribution in [3.63, 3.8) is 0 Å². The van der Waals surface area contributed by atoms with Crippen molar-refractivity contribution in [2.75, 3.05) is 13.1 Å². The van der Waals surface area contributed by atoms with E-state index in [0.29, 0.717) is 5.92 Å². The Hall–Kier alpha value is -2.34. The van der Waals surface area contributed by atoms with Crippen molar-refractivity contribution in [3.8, 4) is 11.4 Å². The number of nitrogens with zero attached hydrogens (tertiary/aromatic N) is 5. The lowest BCUT2D eigenvalue weighted by molar-refractivity contribution is 0.373. The Kier molecular flexibility index (Phi) is 3.75. The standard InChI is InChI=1S/C17H20N6/c1-12-8-20-17(14-10-21-23-6-5-19-11-16(14)23)22-15(12)7-13-3-2-4-18-9-13/h5-6,8,10-11,13,18H,2-4,7,9H2,1H3/t13-/m0/s1. The minimum atomic E-state index is 0.663. The molecule has 6 heteroatoms. The molecule has 0 saturated carbocycles. The summed E-state index contributed by atoms with van der Waals surface area (Å²) < 4.78 is 1.80. The Bertz CT molecular complexity index is 819. The van der Waals surface area contributed by atoms with Gasteiger partial charge in [0.15, 0.2) is 5.82 Å². The molecule has 1 fully saturated rings. The highest BCUT2D eigenvalue weighted by Gasteiger charge is 2.17. The van der Waals surface area contributed by atoms with Crippen LogP contribution in [-0.2, 0) is 6.42 Å². The molecule has 3 aromatic heterocycles. The quantitative estimate of drug-likeness (QED) is 0.802. The van der Waals surface area contributed by atoms with E-state index in [-0.39, 0.29) is 0 Å². The van der Waals surface area contributed by atoms with E-state index in [1.54, 1.807) is 16.9 Å². The van der Waals surface area contributed by atoms with Crippen LogP contribution in [0.25, 0.3) is 16.9 Å². The molecule has 0 amide bonds. The summed E-state index contributed by atoms with van der Waals surface area (Å²) in [6.45, 7) is 4.31. The molecule has 1 saturated heterocycles. The fraction of sp³-hybridized carbons (Fsp3) is 0.412. The molecule has 0 unspecified atom stereocenters. The smallest absolute Gasteiger partial charge is 0.163 e. The summed E-state index contributed by atoms with van der Waals surface area (Å²) in [6.07, 6.45) is 12.6. The van der Waals surface area contributed by atoms with Gasteiger partial charge in [-0.3, -0.25) is 4.98 Å². The third kappa shape index (κ3) is 2.82. The van der Waals surface area contributed by atoms with Gasteiger partial charge in [-0.1, -0.05) is 0 Å². The molecule has 0 aromatic carbocycles. The van der Waals surface area contributed by atoms with Gasteiger partial charge in [0, 0.05) is 24.3 Å². The van der Waals surface area contributed by atoms with Crippen molar-refractivity contribution in [2.24, 2.45) is 5.92 Å². The van der Waals surface area contributed by atoms with E-state index in [1.165, 1.54) is 12.8 Å². The predicted octanol–water partition coefficient (Wildman–Crippen LogP) is 2.04. The fourth-order valence-corrected chi connectivity index (χ4v) is 3.19. The number of hydrogen-bond donors (Lipinski definition) is 1. The molecule has 4 rings (SSSR count). The first-order chi connectivity index (χ1) is 11.3. The second-order valence-corrected chi connectivity index (χ2v) is 6.20. The number of piperidine rings is 1. The summed E-state index contributed by atoms with van der Waals surface area (Å²) in [4.78, 5) is 13.5. The average Bonchev–Trinajstić information content (AvgIpc) is 3.02. The van der Waals surface area contributed by atoms with Gasteiger partial charge < -0.3 is 5.32 Å². The molecule has 1 atom stereocenters. The minimum Gasteiger partial charge on any atom is -0.316 e. The number of rotatable bonds is 3. The van der Waals surface area contributed by atoms with E-state index in [9.17, 15) is 0 Å². The van der Waals surface area contributed by atoms with Crippen LogP contribution in [-0.4, -0.2) is 37.7 Å². The van der Waals surface area contributed by atoms with Crippen LogP contribution in [0.1, 0.15) is 24.1 Å². The van der Waals surface area contributed by atoms with Crippen LogP contribution in [0.3, 0.4) is 0 Å². The molecule has 6 nitrogen and oxygen atoms in total. The van der Waals surface area contributed by atoms with Crippen LogP contribution in [0.4, 0.5) is 0 Å². The highest BCUT2D eigenvalue weighted by molar-refractivity contribution is 5.74. The summed E-state index contributed by atoms with van der Waals surface area (Å²) in [6, 6.07) is 0. The molecule has 118 valence electrons. The lowest BCUT2D eigenvalue weighted by Crippen LogP contribution is -2.31. The van der Waals surface area contributed by atoms with Gasteiger partial charge in [-0.15, -0.1) is 0 Å². The molecule has 3 aromatic rings. The highest BCUT2D eigenvalue weighted by atomic mass is 15.2. The molecule has 4 heterocycles. The van der Waals surface area contributed by atoms with Crippen LogP contribution in [0.5, 0.6) is 0 Å². The summed E-state index contributed by atoms with van der Waals surface area (Å²) in [5.41, 5.74) is 4.17. The summed E-state index contributed by atoms with van der Waals surface area (Å²) in [7, 11) is 0. The first-order valence-corrected chi connectivity index (χ1v) is 8.12. The Balaban J connectivity index is 1.68. The van der Waals surface area contributed by atoms with Crippen LogP contribution in [0, 0.1) is 12.8 Å². The fourth-order valence-electron chi connectivity index (χ4n) is 3.19. The third-order valence-corrected chi connectivity index (χ3v) is 4.52. The summed E-state index contributed by atoms with van der Waals surface area (Å²) in [5, 5.41) is 7.83. The Morgan fingerprint density at radius 2 is 2.26 bits per heavy atom. The van der Waals surface area contributed by atoms with Crippen LogP contribution >= 0.6 is 0 Å². The van der Waals surface area contributed by atoms with Gasteiger partial charge in [0.2, 0.25) is 0 Å². The Morgan fingerprint density at radius 1 is 1.30 bits per heavy atom. The highest BCUT2D eigenvalue weighted by Crippen LogP contribution is 2.23. The largest absolute Gasteiger partial charge is 0.316 e. The van der Waals surface area contributed by atoms with Gasteiger partial charge in [-0.2, -0.15) is 5.10 Å². The molecule has 1 N–H and O–H groups in total. The van der Waals surface area contributed by atoms with Gasteiger partial charge >= 0.3 is 0 Å². The zero-order chi connectivity index (χ0) is 15.6. The Labute approximate surface area is 135 Å². The maximum absolute atomic E-state index is 4.84. The molecule has 1 aliphatic rings. The molecule has 1 aliphatic heterocycles. The number of aromatic nitrogens is 5. The molecule has 0 aliphatic carbocycles. The van der Waals surface area contributed by atoms with E-state index in [0.717, 1.165) is 47.7 Å². The topological polar surface area (TPSA) is 68.0 Å². The zero-order valence-electron chi connectivity index (χ0n) is 13.2. The van der Waals surface area contributed by atoms with E-state index in [1.807, 2.05) is 18.6 Å². The SMILES string of the molecule is Cc1cnc(-c2cnn3ccncc23)nc1C[C@@H]1CCCNC1. The van der Waals surface area contributed by atoms with Crippen molar-refractivity contribution >= 4 is 5.52 Å². The van der Waals surface area contributed by atoms with Gasteiger partial charge in [0.1, 0.15) is 0 Å². The van der Waals surface area contributed by atoms with E-state index >= 15 is 0 Å². The van der Waals surface area contributed by atoms with Gasteiger partial charge in [-0.25, -0.2) is 14.5 Å². The predicted molar refractivity (Wildman–Crippen MR) is 88.0 cm³/mol. The van der Waals surface area contributed by atoms with Gasteiger partial charge in [-0.05, 0) is 50.8 Å². The lowest BCUT2D eigenvalue weighted by atomic mass is 9.93. The molecular weight excluding hydrogens is 288 g/mol. The van der Waals surface area contributed by atoms with Gasteiger partial charge in [0.05, 0.1) is 23.5 Å². The van der Waals surface area contributed by atoms with Crippen LogP contribution < -0.4 is 5.32 Å². The van der Waals surface area contributed by atoms with Crippen LogP contribution in [0.15, 0.2) is 31.0 Å². The number of aryl methyl sites for hydroxylation is 1. The van der Waals surface area contributed by atoms with Crippen molar-refractivity contribution in [3.05, 3.63) is 42.2 Å². The molecule has 23 heavy (non-hydrogen) atoms. The van der Waals surface area contributed by atoms with Gasteiger partial charge in [0.25, 0.3) is 0 Å². The molecule has 0 bridgehead atoms. The summed E-state index contributed by atoms with van der Waals surface area (Å²) in [5.74, 6) is 1.40. The monoisotopic (exact) mass is 308 g/mol. The number of hydrogen-bond acceptors (Lipinski definition) is 5. The zero-order valence-corrected chi connectivity index (χ0v) is 13.2. The van der Waals surface area contributed by atoms with Crippen molar-refractivity contribution in [2.45, 2.75) is 26.2 Å². The van der Waals surface area contributed by atoms with Crippen LogP contribution in [0.2, 0.25) is 0 Å². The summed E-state index contributed by atoms with van der Waals surface area (Å²) >= 11 is 0. The van der Waals surface area contributed by atoms with E-state index in [4.69, 9.17) is 4.98 Å². The van der Waals surface area contributed by atoms with E-state index in [2.05, 4.69) is 27.3 Å². The van der Waals surface area contributed by atoms with Crippen molar-refractivity contribution in [1.29, 1.82) is 0 Å². The lowest BCUT2D eigenvalue weighted by Gasteiger charge is -2.23. The first kappa shape index (κ1) is 14.3. The van der Waals surface area contributed by atoms with E-state index < -0.39 is 0 Å². The third-order valence-electron chi connectivity index (χ3n) is 4.52. The van der Waals surface area contributed by atoms with Crippen molar-refractivity contribution < 1.29 is 0 Å². The number of nitrogens with one attached hydrogen (secondary N) is 1. The average molecular weight is 308 g/mol. The maximum atomic E-state index is 4.84. The maximum Gasteiger partial charge on any atom is 0.163 e. The minimum absolute atomic E-state index is 0.663. The second-order valence-electron chi connectivity index (χ2n) is 6.20. The van der Waals surface area contributed by atoms with Crippen molar-refractivity contribution in [1.82, 2.24) is 29.9 Å². The molecule has 0 radical (unpaired) electrons. The molecular formula is C17H20N6. The normalized spacial score (nSPS) is 18.4. The number of fused-ring (bicyclic) bond motifs is 1.